The number of para-hydroxylation sites is 1. The minimum atomic E-state index is -0.370. The molecule has 1 heterocycles. The van der Waals surface area contributed by atoms with Crippen LogP contribution in [0.1, 0.15) is 24.0 Å². The molecule has 146 valence electrons. The minimum Gasteiger partial charge on any atom is -0.323 e. The van der Waals surface area contributed by atoms with E-state index < -0.39 is 0 Å². The molecule has 2 aromatic rings. The van der Waals surface area contributed by atoms with Crippen molar-refractivity contribution in [3.63, 3.8) is 0 Å². The Kier molecular flexibility index (Phi) is 6.87. The lowest BCUT2D eigenvalue weighted by Gasteiger charge is -2.24. The van der Waals surface area contributed by atoms with Gasteiger partial charge in [-0.05, 0) is 24.6 Å². The average molecular weight is 397 g/mol. The number of carbonyl (C=O) groups excluding carboxylic acids is 3. The lowest BCUT2D eigenvalue weighted by atomic mass is 10.1. The summed E-state index contributed by atoms with van der Waals surface area (Å²) in [6.45, 7) is 2.48. The van der Waals surface area contributed by atoms with Gasteiger partial charge in [-0.3, -0.25) is 9.59 Å². The molecular weight excluding hydrogens is 372 g/mol. The van der Waals surface area contributed by atoms with Crippen LogP contribution in [0, 0.1) is 6.92 Å². The highest BCUT2D eigenvalue weighted by atomic mass is 32.2. The van der Waals surface area contributed by atoms with Crippen LogP contribution in [0.2, 0.25) is 0 Å². The fraction of sp³-hybridized carbons (Fsp3) is 0.318. The van der Waals surface area contributed by atoms with E-state index in [0.717, 1.165) is 17.5 Å². The van der Waals surface area contributed by atoms with Crippen LogP contribution in [-0.2, 0) is 20.9 Å². The Morgan fingerprint density at radius 1 is 1.11 bits per heavy atom. The van der Waals surface area contributed by atoms with Crippen molar-refractivity contribution in [2.24, 2.45) is 0 Å². The Bertz CT molecular complexity index is 823. The van der Waals surface area contributed by atoms with Crippen molar-refractivity contribution in [1.29, 1.82) is 0 Å². The van der Waals surface area contributed by atoms with E-state index in [-0.39, 0.29) is 30.7 Å². The second kappa shape index (κ2) is 9.55. The van der Waals surface area contributed by atoms with E-state index in [1.165, 1.54) is 5.56 Å². The van der Waals surface area contributed by atoms with Crippen LogP contribution >= 0.6 is 11.8 Å². The molecule has 0 N–H and O–H groups in total. The Balaban J connectivity index is 1.69. The molecule has 1 atom stereocenters. The molecule has 0 aliphatic carbocycles. The normalized spacial score (nSPS) is 16.0. The van der Waals surface area contributed by atoms with Gasteiger partial charge < -0.3 is 14.6 Å². The summed E-state index contributed by atoms with van der Waals surface area (Å²) in [4.78, 5) is 39.8. The second-order valence-corrected chi connectivity index (χ2v) is 7.87. The third-order valence-electron chi connectivity index (χ3n) is 4.78. The summed E-state index contributed by atoms with van der Waals surface area (Å²) in [5.41, 5.74) is 3.01. The number of nitrogens with zero attached hydrogens (tertiary/aromatic N) is 2. The van der Waals surface area contributed by atoms with E-state index in [9.17, 15) is 14.4 Å². The lowest BCUT2D eigenvalue weighted by molar-refractivity contribution is -0.135. The summed E-state index contributed by atoms with van der Waals surface area (Å²) in [6.07, 6.45) is 1.04. The predicted octanol–water partition coefficient (Wildman–Crippen LogP) is 3.41. The van der Waals surface area contributed by atoms with Crippen LogP contribution in [0.5, 0.6) is 0 Å². The summed E-state index contributed by atoms with van der Waals surface area (Å²) in [7, 11) is 0. The van der Waals surface area contributed by atoms with Gasteiger partial charge in [-0.15, -0.1) is 11.8 Å². The summed E-state index contributed by atoms with van der Waals surface area (Å²) in [5.74, 6) is 0.906. The minimum absolute atomic E-state index is 0.102. The lowest BCUT2D eigenvalue weighted by Crippen LogP contribution is -2.38. The summed E-state index contributed by atoms with van der Waals surface area (Å²) < 4.78 is 0. The zero-order valence-corrected chi connectivity index (χ0v) is 16.7. The zero-order valence-electron chi connectivity index (χ0n) is 15.9. The molecule has 1 fully saturated rings. The summed E-state index contributed by atoms with van der Waals surface area (Å²) in [5, 5.41) is 0. The van der Waals surface area contributed by atoms with E-state index >= 15 is 0 Å². The standard InChI is InChI=1S/C22H24N2O3S/c1-17-7-9-18(10-8-17)13-23(19-5-3-2-4-6-19)21(26)11-12-22(27)24-16-28-15-20(24)14-25/h2-10,14,20H,11-13,15-16H2,1H3/t20-/m1/s1. The molecule has 2 amide bonds. The van der Waals surface area contributed by atoms with Gasteiger partial charge in [0, 0.05) is 24.3 Å². The van der Waals surface area contributed by atoms with Gasteiger partial charge in [0.15, 0.2) is 0 Å². The molecule has 0 radical (unpaired) electrons. The van der Waals surface area contributed by atoms with Gasteiger partial charge in [0.25, 0.3) is 0 Å². The zero-order chi connectivity index (χ0) is 19.9. The van der Waals surface area contributed by atoms with Crippen molar-refractivity contribution in [3.05, 3.63) is 65.7 Å². The van der Waals surface area contributed by atoms with E-state index in [0.29, 0.717) is 18.2 Å². The Hall–Kier alpha value is -2.60. The summed E-state index contributed by atoms with van der Waals surface area (Å²) in [6, 6.07) is 17.2. The average Bonchev–Trinajstić information content (AvgIpc) is 3.21. The van der Waals surface area contributed by atoms with E-state index in [2.05, 4.69) is 0 Å². The highest BCUT2D eigenvalue weighted by Crippen LogP contribution is 2.22. The molecule has 1 aliphatic heterocycles. The van der Waals surface area contributed by atoms with Crippen LogP contribution in [0.15, 0.2) is 54.6 Å². The third kappa shape index (κ3) is 5.01. The molecule has 0 saturated carbocycles. The molecule has 1 aliphatic rings. The molecule has 5 nitrogen and oxygen atoms in total. The fourth-order valence-corrected chi connectivity index (χ4v) is 4.26. The van der Waals surface area contributed by atoms with Crippen LogP contribution in [-0.4, -0.2) is 40.7 Å². The van der Waals surface area contributed by atoms with Gasteiger partial charge >= 0.3 is 0 Å². The largest absolute Gasteiger partial charge is 0.323 e. The van der Waals surface area contributed by atoms with Crippen molar-refractivity contribution >= 4 is 35.5 Å². The van der Waals surface area contributed by atoms with E-state index in [1.807, 2.05) is 61.5 Å². The van der Waals surface area contributed by atoms with Gasteiger partial charge in [0.05, 0.1) is 18.5 Å². The second-order valence-electron chi connectivity index (χ2n) is 6.87. The van der Waals surface area contributed by atoms with Crippen molar-refractivity contribution < 1.29 is 14.4 Å². The Morgan fingerprint density at radius 2 is 1.82 bits per heavy atom. The van der Waals surface area contributed by atoms with Gasteiger partial charge in [-0.25, -0.2) is 0 Å². The van der Waals surface area contributed by atoms with Crippen molar-refractivity contribution in [1.82, 2.24) is 4.90 Å². The molecular formula is C22H24N2O3S. The van der Waals surface area contributed by atoms with E-state index in [4.69, 9.17) is 0 Å². The smallest absolute Gasteiger partial charge is 0.227 e. The topological polar surface area (TPSA) is 57.7 Å². The molecule has 0 unspecified atom stereocenters. The molecule has 3 rings (SSSR count). The van der Waals surface area contributed by atoms with Crippen LogP contribution in [0.25, 0.3) is 0 Å². The van der Waals surface area contributed by atoms with Gasteiger partial charge in [-0.2, -0.15) is 0 Å². The number of anilines is 1. The first kappa shape index (κ1) is 20.1. The van der Waals surface area contributed by atoms with Crippen molar-refractivity contribution in [2.75, 3.05) is 16.5 Å². The predicted molar refractivity (Wildman–Crippen MR) is 112 cm³/mol. The third-order valence-corrected chi connectivity index (χ3v) is 5.82. The SMILES string of the molecule is Cc1ccc(CN(C(=O)CCC(=O)N2CSC[C@H]2C=O)c2ccccc2)cc1. The van der Waals surface area contributed by atoms with Gasteiger partial charge in [-0.1, -0.05) is 48.0 Å². The number of hydrogen-bond donors (Lipinski definition) is 0. The molecule has 0 bridgehead atoms. The number of carbonyl (C=O) groups is 3. The number of aldehydes is 1. The molecule has 1 saturated heterocycles. The van der Waals surface area contributed by atoms with Crippen molar-refractivity contribution in [2.45, 2.75) is 32.4 Å². The number of amides is 2. The molecule has 28 heavy (non-hydrogen) atoms. The molecule has 2 aromatic carbocycles. The maximum Gasteiger partial charge on any atom is 0.227 e. The number of rotatable bonds is 7. The maximum absolute atomic E-state index is 13.0. The number of benzene rings is 2. The molecule has 0 aromatic heterocycles. The molecule has 6 heteroatoms. The first-order valence-electron chi connectivity index (χ1n) is 9.32. The van der Waals surface area contributed by atoms with Crippen LogP contribution in [0.4, 0.5) is 5.69 Å². The quantitative estimate of drug-likeness (QED) is 0.673. The summed E-state index contributed by atoms with van der Waals surface area (Å²) >= 11 is 1.56. The highest BCUT2D eigenvalue weighted by molar-refractivity contribution is 7.99. The van der Waals surface area contributed by atoms with Crippen LogP contribution in [0.3, 0.4) is 0 Å². The van der Waals surface area contributed by atoms with Gasteiger partial charge in [0.1, 0.15) is 6.29 Å². The van der Waals surface area contributed by atoms with E-state index in [1.54, 1.807) is 21.6 Å². The number of thioether (sulfide) groups is 1. The Morgan fingerprint density at radius 3 is 2.50 bits per heavy atom. The number of hydrogen-bond acceptors (Lipinski definition) is 4. The van der Waals surface area contributed by atoms with Crippen LogP contribution < -0.4 is 4.90 Å². The van der Waals surface area contributed by atoms with Crippen molar-refractivity contribution in [3.8, 4) is 0 Å². The van der Waals surface area contributed by atoms with Gasteiger partial charge in [0.2, 0.25) is 11.8 Å². The first-order valence-corrected chi connectivity index (χ1v) is 10.5. The fourth-order valence-electron chi connectivity index (χ4n) is 3.13. The first-order chi connectivity index (χ1) is 13.6. The number of aryl methyl sites for hydroxylation is 1. The monoisotopic (exact) mass is 396 g/mol. The molecule has 0 spiro atoms. The highest BCUT2D eigenvalue weighted by Gasteiger charge is 2.29. The Labute approximate surface area is 169 Å². The maximum atomic E-state index is 13.0.